The van der Waals surface area contributed by atoms with Crippen LogP contribution < -0.4 is 11.1 Å². The molecule has 0 spiro atoms. The van der Waals surface area contributed by atoms with Gasteiger partial charge in [0.05, 0.1) is 19.0 Å². The van der Waals surface area contributed by atoms with E-state index < -0.39 is 11.8 Å². The van der Waals surface area contributed by atoms with Gasteiger partial charge in [-0.2, -0.15) is 0 Å². The quantitative estimate of drug-likeness (QED) is 0.528. The van der Waals surface area contributed by atoms with Crippen molar-refractivity contribution < 1.29 is 14.4 Å². The van der Waals surface area contributed by atoms with E-state index in [0.29, 0.717) is 0 Å². The standard InChI is InChI=1S/C8H12N2O3/c9-8(13)2-1-5-6(11)3-10-4-7(5)12/h5,10H,1-4H2,(H2,9,13). The van der Waals surface area contributed by atoms with Gasteiger partial charge >= 0.3 is 0 Å². The molecule has 5 nitrogen and oxygen atoms in total. The topological polar surface area (TPSA) is 89.3 Å². The highest BCUT2D eigenvalue weighted by atomic mass is 16.2. The molecule has 0 aliphatic carbocycles. The second-order valence-electron chi connectivity index (χ2n) is 3.09. The lowest BCUT2D eigenvalue weighted by atomic mass is 9.91. The van der Waals surface area contributed by atoms with E-state index in [4.69, 9.17) is 5.73 Å². The first-order valence-corrected chi connectivity index (χ1v) is 4.15. The largest absolute Gasteiger partial charge is 0.370 e. The highest BCUT2D eigenvalue weighted by molar-refractivity contribution is 6.06. The Morgan fingerprint density at radius 1 is 1.38 bits per heavy atom. The molecule has 1 heterocycles. The SMILES string of the molecule is NC(=O)CCC1C(=O)CNCC1=O. The van der Waals surface area contributed by atoms with E-state index in [9.17, 15) is 14.4 Å². The minimum absolute atomic E-state index is 0.0994. The molecule has 0 radical (unpaired) electrons. The zero-order valence-corrected chi connectivity index (χ0v) is 7.21. The average Bonchev–Trinajstić information content (AvgIpc) is 2.03. The van der Waals surface area contributed by atoms with Crippen LogP contribution in [0.2, 0.25) is 0 Å². The molecule has 72 valence electrons. The maximum absolute atomic E-state index is 11.2. The van der Waals surface area contributed by atoms with Gasteiger partial charge in [0.2, 0.25) is 5.91 Å². The third-order valence-corrected chi connectivity index (χ3v) is 2.06. The lowest BCUT2D eigenvalue weighted by molar-refractivity contribution is -0.134. The summed E-state index contributed by atoms with van der Waals surface area (Å²) in [5.41, 5.74) is 4.92. The summed E-state index contributed by atoms with van der Waals surface area (Å²) in [7, 11) is 0. The van der Waals surface area contributed by atoms with E-state index >= 15 is 0 Å². The summed E-state index contributed by atoms with van der Waals surface area (Å²) in [6.07, 6.45) is 0.358. The van der Waals surface area contributed by atoms with Gasteiger partial charge in [0, 0.05) is 6.42 Å². The molecule has 0 aromatic heterocycles. The highest BCUT2D eigenvalue weighted by Crippen LogP contribution is 2.11. The predicted octanol–water partition coefficient (Wildman–Crippen LogP) is -1.39. The number of nitrogens with two attached hydrogens (primary N) is 1. The van der Waals surface area contributed by atoms with Gasteiger partial charge in [-0.05, 0) is 6.42 Å². The number of primary amides is 1. The summed E-state index contributed by atoms with van der Waals surface area (Å²) < 4.78 is 0. The molecule has 1 amide bonds. The molecular weight excluding hydrogens is 172 g/mol. The second kappa shape index (κ2) is 4.13. The van der Waals surface area contributed by atoms with Crippen LogP contribution in [0.1, 0.15) is 12.8 Å². The van der Waals surface area contributed by atoms with Gasteiger partial charge in [-0.25, -0.2) is 0 Å². The molecule has 0 saturated carbocycles. The van der Waals surface area contributed by atoms with Crippen molar-refractivity contribution in [2.24, 2.45) is 11.7 Å². The zero-order chi connectivity index (χ0) is 9.84. The summed E-state index contributed by atoms with van der Waals surface area (Å²) >= 11 is 0. The maximum atomic E-state index is 11.2. The third kappa shape index (κ3) is 2.62. The first kappa shape index (κ1) is 9.85. The molecular formula is C8H12N2O3. The van der Waals surface area contributed by atoms with Crippen LogP contribution in [-0.2, 0) is 14.4 Å². The number of ketones is 2. The van der Waals surface area contributed by atoms with E-state index in [1.54, 1.807) is 0 Å². The minimum Gasteiger partial charge on any atom is -0.370 e. The van der Waals surface area contributed by atoms with E-state index in [-0.39, 0.29) is 37.5 Å². The van der Waals surface area contributed by atoms with Crippen LogP contribution in [0.3, 0.4) is 0 Å². The second-order valence-corrected chi connectivity index (χ2v) is 3.09. The van der Waals surface area contributed by atoms with Gasteiger partial charge in [-0.1, -0.05) is 0 Å². The third-order valence-electron chi connectivity index (χ3n) is 2.06. The predicted molar refractivity (Wildman–Crippen MR) is 44.8 cm³/mol. The van der Waals surface area contributed by atoms with Crippen LogP contribution in [0.15, 0.2) is 0 Å². The summed E-state index contributed by atoms with van der Waals surface area (Å²) in [6.45, 7) is 0.435. The zero-order valence-electron chi connectivity index (χ0n) is 7.21. The summed E-state index contributed by atoms with van der Waals surface area (Å²) in [5.74, 6) is -1.37. The molecule has 13 heavy (non-hydrogen) atoms. The number of hydrogen-bond donors (Lipinski definition) is 2. The molecule has 1 aliphatic rings. The van der Waals surface area contributed by atoms with Gasteiger partial charge in [0.1, 0.15) is 0 Å². The summed E-state index contributed by atoms with van der Waals surface area (Å²) in [6, 6.07) is 0. The first-order valence-electron chi connectivity index (χ1n) is 4.15. The average molecular weight is 184 g/mol. The van der Waals surface area contributed by atoms with E-state index in [2.05, 4.69) is 5.32 Å². The Morgan fingerprint density at radius 3 is 2.38 bits per heavy atom. The maximum Gasteiger partial charge on any atom is 0.217 e. The monoisotopic (exact) mass is 184 g/mol. The number of hydrogen-bond acceptors (Lipinski definition) is 4. The van der Waals surface area contributed by atoms with E-state index in [0.717, 1.165) is 0 Å². The van der Waals surface area contributed by atoms with Crippen molar-refractivity contribution in [2.75, 3.05) is 13.1 Å². The van der Waals surface area contributed by atoms with Crippen LogP contribution in [0.25, 0.3) is 0 Å². The van der Waals surface area contributed by atoms with E-state index in [1.807, 2.05) is 0 Å². The number of rotatable bonds is 3. The van der Waals surface area contributed by atoms with Crippen LogP contribution in [0.4, 0.5) is 0 Å². The van der Waals surface area contributed by atoms with Crippen molar-refractivity contribution in [3.8, 4) is 0 Å². The van der Waals surface area contributed by atoms with E-state index in [1.165, 1.54) is 0 Å². The van der Waals surface area contributed by atoms with Crippen LogP contribution in [-0.4, -0.2) is 30.6 Å². The Bertz CT molecular complexity index is 234. The lowest BCUT2D eigenvalue weighted by Gasteiger charge is -2.19. The van der Waals surface area contributed by atoms with Crippen molar-refractivity contribution in [3.05, 3.63) is 0 Å². The van der Waals surface area contributed by atoms with Gasteiger partial charge < -0.3 is 11.1 Å². The van der Waals surface area contributed by atoms with Crippen molar-refractivity contribution in [2.45, 2.75) is 12.8 Å². The molecule has 1 rings (SSSR count). The Kier molecular flexibility index (Phi) is 3.13. The Labute approximate surface area is 75.7 Å². The van der Waals surface area contributed by atoms with Gasteiger partial charge in [-0.15, -0.1) is 0 Å². The first-order chi connectivity index (χ1) is 6.11. The molecule has 5 heteroatoms. The fraction of sp³-hybridized carbons (Fsp3) is 0.625. The molecule has 0 atom stereocenters. The molecule has 1 fully saturated rings. The molecule has 1 saturated heterocycles. The van der Waals surface area contributed by atoms with Crippen LogP contribution in [0, 0.1) is 5.92 Å². The van der Waals surface area contributed by atoms with Gasteiger partial charge in [-0.3, -0.25) is 14.4 Å². The fourth-order valence-electron chi connectivity index (χ4n) is 1.34. The molecule has 0 aromatic carbocycles. The molecule has 0 bridgehead atoms. The van der Waals surface area contributed by atoms with Crippen molar-refractivity contribution in [3.63, 3.8) is 0 Å². The molecule has 0 unspecified atom stereocenters. The van der Waals surface area contributed by atoms with Crippen molar-refractivity contribution >= 4 is 17.5 Å². The smallest absolute Gasteiger partial charge is 0.217 e. The number of Topliss-reactive ketones (excluding diaryl/α,β-unsaturated/α-hetero) is 2. The number of piperidine rings is 1. The Balaban J connectivity index is 2.49. The lowest BCUT2D eigenvalue weighted by Crippen LogP contribution is -2.44. The molecule has 0 aromatic rings. The Hall–Kier alpha value is -1.23. The fourth-order valence-corrected chi connectivity index (χ4v) is 1.34. The van der Waals surface area contributed by atoms with Crippen LogP contribution >= 0.6 is 0 Å². The van der Waals surface area contributed by atoms with Crippen molar-refractivity contribution in [1.82, 2.24) is 5.32 Å². The number of carbonyl (C=O) groups is 3. The van der Waals surface area contributed by atoms with Gasteiger partial charge in [0.15, 0.2) is 11.6 Å². The number of nitrogens with one attached hydrogen (secondary N) is 1. The molecule has 3 N–H and O–H groups in total. The van der Waals surface area contributed by atoms with Crippen LogP contribution in [0.5, 0.6) is 0 Å². The highest BCUT2D eigenvalue weighted by Gasteiger charge is 2.29. The minimum atomic E-state index is -0.617. The summed E-state index contributed by atoms with van der Waals surface area (Å²) in [5, 5.41) is 2.69. The molecule has 1 aliphatic heterocycles. The Morgan fingerprint density at radius 2 is 1.92 bits per heavy atom. The van der Waals surface area contributed by atoms with Gasteiger partial charge in [0.25, 0.3) is 0 Å². The summed E-state index contributed by atoms with van der Waals surface area (Å²) in [4.78, 5) is 32.8. The normalized spacial score (nSPS) is 19.1. The number of carbonyl (C=O) groups excluding carboxylic acids is 3. The number of amides is 1. The van der Waals surface area contributed by atoms with Crippen molar-refractivity contribution in [1.29, 1.82) is 0 Å².